The fourth-order valence-electron chi connectivity index (χ4n) is 0.497. The smallest absolute Gasteiger partial charge is 0.247 e. The average molecular weight is 250 g/mol. The molecule has 0 aliphatic heterocycles. The third kappa shape index (κ3) is 8.64. The molecule has 0 spiro atoms. The summed E-state index contributed by atoms with van der Waals surface area (Å²) in [6.07, 6.45) is -0.425. The van der Waals surface area contributed by atoms with Gasteiger partial charge in [-0.3, -0.25) is 31.3 Å². The van der Waals surface area contributed by atoms with Gasteiger partial charge in [0.25, 0.3) is 0 Å². The molecule has 0 aliphatic carbocycles. The molecule has 0 heterocycles. The van der Waals surface area contributed by atoms with Gasteiger partial charge >= 0.3 is 0 Å². The Bertz CT molecular complexity index is 265. The molecule has 0 fully saturated rings. The highest BCUT2D eigenvalue weighted by atomic mass is 32.1. The first-order chi connectivity index (χ1) is 6.91. The Hall–Kier alpha value is -1.68. The summed E-state index contributed by atoms with van der Waals surface area (Å²) in [5.74, 6) is -1.21. The molecule has 0 rings (SSSR count). The van der Waals surface area contributed by atoms with Crippen LogP contribution in [0.4, 0.5) is 0 Å². The lowest BCUT2D eigenvalue weighted by molar-refractivity contribution is -0.129. The van der Waals surface area contributed by atoms with Crippen molar-refractivity contribution in [2.24, 2.45) is 11.5 Å². The topological polar surface area (TPSA) is 134 Å². The molecule has 0 aromatic rings. The molecule has 2 amide bonds. The van der Waals surface area contributed by atoms with Crippen LogP contribution < -0.4 is 33.2 Å². The van der Waals surface area contributed by atoms with E-state index in [-0.39, 0.29) is 10.2 Å². The van der Waals surface area contributed by atoms with Crippen molar-refractivity contribution in [3.63, 3.8) is 0 Å². The summed E-state index contributed by atoms with van der Waals surface area (Å²) in [7, 11) is 0. The van der Waals surface area contributed by atoms with Gasteiger partial charge in [0.1, 0.15) is 6.42 Å². The number of amides is 2. The van der Waals surface area contributed by atoms with E-state index < -0.39 is 18.2 Å². The number of hydrazine groups is 2. The van der Waals surface area contributed by atoms with Crippen LogP contribution in [0.5, 0.6) is 0 Å². The summed E-state index contributed by atoms with van der Waals surface area (Å²) in [5, 5.41) is -0.213. The van der Waals surface area contributed by atoms with Gasteiger partial charge in [0.05, 0.1) is 0 Å². The Morgan fingerprint density at radius 1 is 0.867 bits per heavy atom. The van der Waals surface area contributed by atoms with Crippen molar-refractivity contribution in [3.8, 4) is 0 Å². The molecule has 10 heteroatoms. The summed E-state index contributed by atoms with van der Waals surface area (Å²) in [6.45, 7) is 0. The number of nitrogens with one attached hydrogen (secondary N) is 4. The van der Waals surface area contributed by atoms with Crippen LogP contribution >= 0.6 is 24.4 Å². The molecule has 0 aromatic carbocycles. The summed E-state index contributed by atoms with van der Waals surface area (Å²) in [6, 6.07) is 0. The first kappa shape index (κ1) is 13.3. The van der Waals surface area contributed by atoms with Crippen molar-refractivity contribution < 1.29 is 9.59 Å². The third-order valence-electron chi connectivity index (χ3n) is 0.971. The Balaban J connectivity index is 3.71. The van der Waals surface area contributed by atoms with Gasteiger partial charge in [0.15, 0.2) is 10.2 Å². The molecular weight excluding hydrogens is 240 g/mol. The maximum atomic E-state index is 11.0. The highest BCUT2D eigenvalue weighted by Crippen LogP contribution is 1.77. The second-order valence-electron chi connectivity index (χ2n) is 2.25. The van der Waals surface area contributed by atoms with E-state index in [9.17, 15) is 9.59 Å². The zero-order valence-corrected chi connectivity index (χ0v) is 9.13. The normalized spacial score (nSPS) is 8.53. The molecule has 0 unspecified atom stereocenters. The van der Waals surface area contributed by atoms with E-state index in [0.717, 1.165) is 0 Å². The summed E-state index contributed by atoms with van der Waals surface area (Å²) < 4.78 is 0. The van der Waals surface area contributed by atoms with Gasteiger partial charge in [-0.25, -0.2) is 0 Å². The van der Waals surface area contributed by atoms with Gasteiger partial charge in [-0.05, 0) is 24.4 Å². The molecule has 84 valence electrons. The van der Waals surface area contributed by atoms with Crippen LogP contribution in [0.3, 0.4) is 0 Å². The minimum atomic E-state index is -0.606. The Morgan fingerprint density at radius 2 is 1.20 bits per heavy atom. The van der Waals surface area contributed by atoms with E-state index in [1.54, 1.807) is 0 Å². The van der Waals surface area contributed by atoms with E-state index in [0.29, 0.717) is 0 Å². The zero-order chi connectivity index (χ0) is 11.8. The third-order valence-corrected chi connectivity index (χ3v) is 1.18. The zero-order valence-electron chi connectivity index (χ0n) is 7.49. The van der Waals surface area contributed by atoms with Crippen LogP contribution in [0.15, 0.2) is 0 Å². The quantitative estimate of drug-likeness (QED) is 0.175. The second kappa shape index (κ2) is 6.73. The number of nitrogens with two attached hydrogens (primary N) is 2. The number of hydrogen-bond acceptors (Lipinski definition) is 4. The predicted octanol–water partition coefficient (Wildman–Crippen LogP) is -2.89. The van der Waals surface area contributed by atoms with Gasteiger partial charge in [-0.15, -0.1) is 0 Å². The molecule has 15 heavy (non-hydrogen) atoms. The van der Waals surface area contributed by atoms with E-state index in [1.807, 2.05) is 0 Å². The van der Waals surface area contributed by atoms with E-state index in [1.165, 1.54) is 0 Å². The van der Waals surface area contributed by atoms with Gasteiger partial charge in [0.2, 0.25) is 11.8 Å². The largest absolute Gasteiger partial charge is 0.375 e. The Labute approximate surface area is 96.1 Å². The number of thiocarbonyl (C=S) groups is 2. The number of carbonyl (C=O) groups is 2. The fourth-order valence-corrected chi connectivity index (χ4v) is 0.599. The molecule has 8 N–H and O–H groups in total. The second-order valence-corrected chi connectivity index (χ2v) is 3.13. The molecule has 0 aromatic heterocycles. The van der Waals surface area contributed by atoms with E-state index in [2.05, 4.69) is 46.1 Å². The minimum Gasteiger partial charge on any atom is -0.375 e. The van der Waals surface area contributed by atoms with Crippen molar-refractivity contribution >= 4 is 46.5 Å². The fraction of sp³-hybridized carbons (Fsp3) is 0.200. The Morgan fingerprint density at radius 3 is 1.47 bits per heavy atom. The number of rotatable bonds is 2. The maximum Gasteiger partial charge on any atom is 0.247 e. The molecule has 0 bridgehead atoms. The standard InChI is InChI=1S/C5H10N6O2S2/c6-4(14)10-8-2(12)1-3(13)9-11-5(7)15/h1H2,(H,8,12)(H,9,13)(H3,6,10,14)(H3,7,11,15). The molecule has 0 atom stereocenters. The van der Waals surface area contributed by atoms with Crippen molar-refractivity contribution in [3.05, 3.63) is 0 Å². The highest BCUT2D eigenvalue weighted by Gasteiger charge is 2.08. The van der Waals surface area contributed by atoms with Gasteiger partial charge in [-0.2, -0.15) is 0 Å². The van der Waals surface area contributed by atoms with Crippen LogP contribution in [-0.4, -0.2) is 22.0 Å². The van der Waals surface area contributed by atoms with Crippen molar-refractivity contribution in [1.29, 1.82) is 0 Å². The maximum absolute atomic E-state index is 11.0. The minimum absolute atomic E-state index is 0.106. The molecular formula is C5H10N6O2S2. The summed E-state index contributed by atoms with van der Waals surface area (Å²) in [5.41, 5.74) is 18.6. The highest BCUT2D eigenvalue weighted by molar-refractivity contribution is 7.80. The van der Waals surface area contributed by atoms with Crippen LogP contribution in [-0.2, 0) is 9.59 Å². The number of carbonyl (C=O) groups excluding carboxylic acids is 2. The predicted molar refractivity (Wildman–Crippen MR) is 60.7 cm³/mol. The first-order valence-electron chi connectivity index (χ1n) is 3.60. The SMILES string of the molecule is NC(=S)NNC(=O)CC(=O)NNC(N)=S. The van der Waals surface area contributed by atoms with Gasteiger partial charge in [0, 0.05) is 0 Å². The molecule has 0 aliphatic rings. The van der Waals surface area contributed by atoms with Crippen molar-refractivity contribution in [1.82, 2.24) is 21.7 Å². The van der Waals surface area contributed by atoms with Crippen LogP contribution in [0.2, 0.25) is 0 Å². The molecule has 0 radical (unpaired) electrons. The van der Waals surface area contributed by atoms with E-state index >= 15 is 0 Å². The van der Waals surface area contributed by atoms with Crippen molar-refractivity contribution in [2.45, 2.75) is 6.42 Å². The number of hydrogen-bond donors (Lipinski definition) is 6. The summed E-state index contributed by atoms with van der Waals surface area (Å²) >= 11 is 8.84. The molecule has 8 nitrogen and oxygen atoms in total. The summed E-state index contributed by atoms with van der Waals surface area (Å²) in [4.78, 5) is 21.9. The first-order valence-corrected chi connectivity index (χ1v) is 4.42. The van der Waals surface area contributed by atoms with Crippen LogP contribution in [0.25, 0.3) is 0 Å². The lowest BCUT2D eigenvalue weighted by Crippen LogP contribution is -2.48. The molecule has 0 saturated heterocycles. The lowest BCUT2D eigenvalue weighted by Gasteiger charge is -2.07. The van der Waals surface area contributed by atoms with Crippen molar-refractivity contribution in [2.75, 3.05) is 0 Å². The Kier molecular flexibility index (Phi) is 5.97. The van der Waals surface area contributed by atoms with Gasteiger partial charge in [-0.1, -0.05) is 0 Å². The van der Waals surface area contributed by atoms with Crippen LogP contribution in [0, 0.1) is 0 Å². The molecule has 0 saturated carbocycles. The van der Waals surface area contributed by atoms with Gasteiger partial charge < -0.3 is 11.5 Å². The van der Waals surface area contributed by atoms with E-state index in [4.69, 9.17) is 11.5 Å². The van der Waals surface area contributed by atoms with Crippen LogP contribution in [0.1, 0.15) is 6.42 Å². The monoisotopic (exact) mass is 250 g/mol. The lowest BCUT2D eigenvalue weighted by atomic mass is 10.4. The average Bonchev–Trinajstić information content (AvgIpc) is 2.11.